The van der Waals surface area contributed by atoms with E-state index in [1.807, 2.05) is 42.5 Å². The Morgan fingerprint density at radius 3 is 2.24 bits per heavy atom. The van der Waals surface area contributed by atoms with E-state index in [9.17, 15) is 4.79 Å². The molecule has 0 fully saturated rings. The van der Waals surface area contributed by atoms with Crippen molar-refractivity contribution in [1.82, 2.24) is 0 Å². The molecule has 2 aromatic rings. The Balaban J connectivity index is 1.94. The molecule has 0 N–H and O–H groups in total. The molecule has 2 aromatic carbocycles. The van der Waals surface area contributed by atoms with E-state index in [0.717, 1.165) is 6.42 Å². The first kappa shape index (κ1) is 15.1. The molecule has 1 atom stereocenters. The number of carbonyl (C=O) groups excluding carboxylic acids is 1. The maximum atomic E-state index is 11.5. The van der Waals surface area contributed by atoms with E-state index in [2.05, 4.69) is 12.1 Å². The van der Waals surface area contributed by atoms with Gasteiger partial charge in [0.2, 0.25) is 0 Å². The fraction of sp³-hybridized carbons (Fsp3) is 0.278. The second kappa shape index (κ2) is 7.48. The number of ether oxygens (including phenoxy) is 2. The SMILES string of the molecule is CCOC(=O)C(C)Oc1ccc(Cc2ccccc2)cc1. The Labute approximate surface area is 125 Å². The highest BCUT2D eigenvalue weighted by atomic mass is 16.6. The molecule has 0 aliphatic carbocycles. The quantitative estimate of drug-likeness (QED) is 0.760. The molecule has 0 saturated heterocycles. The van der Waals surface area contributed by atoms with E-state index in [0.29, 0.717) is 12.4 Å². The molecule has 0 aliphatic rings. The van der Waals surface area contributed by atoms with Crippen LogP contribution in [0.15, 0.2) is 54.6 Å². The molecule has 0 aromatic heterocycles. The van der Waals surface area contributed by atoms with Crippen LogP contribution in [0.5, 0.6) is 5.75 Å². The Kier molecular flexibility index (Phi) is 5.38. The van der Waals surface area contributed by atoms with Gasteiger partial charge in [0.15, 0.2) is 6.10 Å². The highest BCUT2D eigenvalue weighted by Gasteiger charge is 2.15. The Bertz CT molecular complexity index is 561. The van der Waals surface area contributed by atoms with Gasteiger partial charge in [-0.2, -0.15) is 0 Å². The summed E-state index contributed by atoms with van der Waals surface area (Å²) in [5.41, 5.74) is 2.48. The van der Waals surface area contributed by atoms with Gasteiger partial charge in [-0.3, -0.25) is 0 Å². The van der Waals surface area contributed by atoms with E-state index in [4.69, 9.17) is 9.47 Å². The standard InChI is InChI=1S/C18H20O3/c1-3-20-18(19)14(2)21-17-11-9-16(10-12-17)13-15-7-5-4-6-8-15/h4-12,14H,3,13H2,1-2H3. The van der Waals surface area contributed by atoms with Crippen LogP contribution < -0.4 is 4.74 Å². The lowest BCUT2D eigenvalue weighted by atomic mass is 10.1. The zero-order chi connectivity index (χ0) is 15.1. The maximum Gasteiger partial charge on any atom is 0.347 e. The number of benzene rings is 2. The molecule has 0 radical (unpaired) electrons. The number of hydrogen-bond acceptors (Lipinski definition) is 3. The molecule has 0 saturated carbocycles. The summed E-state index contributed by atoms with van der Waals surface area (Å²) in [7, 11) is 0. The third-order valence-electron chi connectivity index (χ3n) is 3.11. The Morgan fingerprint density at radius 1 is 1.00 bits per heavy atom. The van der Waals surface area contributed by atoms with Gasteiger partial charge in [0.25, 0.3) is 0 Å². The fourth-order valence-electron chi connectivity index (χ4n) is 2.03. The van der Waals surface area contributed by atoms with Gasteiger partial charge in [0, 0.05) is 0 Å². The second-order valence-corrected chi connectivity index (χ2v) is 4.82. The van der Waals surface area contributed by atoms with Gasteiger partial charge in [-0.15, -0.1) is 0 Å². The second-order valence-electron chi connectivity index (χ2n) is 4.82. The highest BCUT2D eigenvalue weighted by molar-refractivity contribution is 5.74. The van der Waals surface area contributed by atoms with Crippen LogP contribution in [0, 0.1) is 0 Å². The van der Waals surface area contributed by atoms with Crippen LogP contribution in [-0.4, -0.2) is 18.7 Å². The van der Waals surface area contributed by atoms with Crippen molar-refractivity contribution in [3.8, 4) is 5.75 Å². The largest absolute Gasteiger partial charge is 0.479 e. The van der Waals surface area contributed by atoms with Gasteiger partial charge in [0.05, 0.1) is 6.61 Å². The minimum Gasteiger partial charge on any atom is -0.479 e. The van der Waals surface area contributed by atoms with Crippen LogP contribution in [-0.2, 0) is 16.0 Å². The molecule has 2 rings (SSSR count). The van der Waals surface area contributed by atoms with Crippen molar-refractivity contribution in [2.24, 2.45) is 0 Å². The molecule has 1 unspecified atom stereocenters. The highest BCUT2D eigenvalue weighted by Crippen LogP contribution is 2.16. The van der Waals surface area contributed by atoms with Crippen molar-refractivity contribution >= 4 is 5.97 Å². The summed E-state index contributed by atoms with van der Waals surface area (Å²) in [6.07, 6.45) is 0.291. The molecule has 0 aliphatic heterocycles. The maximum absolute atomic E-state index is 11.5. The van der Waals surface area contributed by atoms with Crippen LogP contribution in [0.2, 0.25) is 0 Å². The van der Waals surface area contributed by atoms with Crippen molar-refractivity contribution in [3.05, 3.63) is 65.7 Å². The molecule has 3 nitrogen and oxygen atoms in total. The number of esters is 1. The molecule has 0 amide bonds. The number of carbonyl (C=O) groups is 1. The van der Waals surface area contributed by atoms with E-state index >= 15 is 0 Å². The first-order valence-corrected chi connectivity index (χ1v) is 7.15. The van der Waals surface area contributed by atoms with Gasteiger partial charge >= 0.3 is 5.97 Å². The number of hydrogen-bond donors (Lipinski definition) is 0. The summed E-state index contributed by atoms with van der Waals surface area (Å²) < 4.78 is 10.5. The van der Waals surface area contributed by atoms with Crippen molar-refractivity contribution in [1.29, 1.82) is 0 Å². The molecule has 0 heterocycles. The minimum absolute atomic E-state index is 0.342. The summed E-state index contributed by atoms with van der Waals surface area (Å²) in [5.74, 6) is 0.332. The van der Waals surface area contributed by atoms with Gasteiger partial charge in [-0.1, -0.05) is 42.5 Å². The Morgan fingerprint density at radius 2 is 1.62 bits per heavy atom. The van der Waals surface area contributed by atoms with Crippen LogP contribution in [0.1, 0.15) is 25.0 Å². The lowest BCUT2D eigenvalue weighted by Crippen LogP contribution is -2.26. The average molecular weight is 284 g/mol. The molecule has 21 heavy (non-hydrogen) atoms. The summed E-state index contributed by atoms with van der Waals surface area (Å²) in [6.45, 7) is 3.83. The first-order chi connectivity index (χ1) is 10.2. The van der Waals surface area contributed by atoms with E-state index < -0.39 is 6.10 Å². The predicted molar refractivity (Wildman–Crippen MR) is 82.4 cm³/mol. The van der Waals surface area contributed by atoms with Gasteiger partial charge in [-0.05, 0) is 43.5 Å². The van der Waals surface area contributed by atoms with Gasteiger partial charge < -0.3 is 9.47 Å². The summed E-state index contributed by atoms with van der Waals surface area (Å²) in [5, 5.41) is 0. The third-order valence-corrected chi connectivity index (χ3v) is 3.11. The van der Waals surface area contributed by atoms with Gasteiger partial charge in [0.1, 0.15) is 5.75 Å². The van der Waals surface area contributed by atoms with Crippen LogP contribution >= 0.6 is 0 Å². The minimum atomic E-state index is -0.593. The number of rotatable bonds is 6. The third kappa shape index (κ3) is 4.63. The molecular weight excluding hydrogens is 264 g/mol. The van der Waals surface area contributed by atoms with Crippen molar-refractivity contribution in [2.75, 3.05) is 6.61 Å². The molecule has 0 spiro atoms. The lowest BCUT2D eigenvalue weighted by molar-refractivity contribution is -0.150. The van der Waals surface area contributed by atoms with Crippen molar-refractivity contribution in [2.45, 2.75) is 26.4 Å². The molecule has 0 bridgehead atoms. The molecular formula is C18H20O3. The average Bonchev–Trinajstić information content (AvgIpc) is 2.50. The topological polar surface area (TPSA) is 35.5 Å². The predicted octanol–water partition coefficient (Wildman–Crippen LogP) is 3.61. The molecule has 110 valence electrons. The smallest absolute Gasteiger partial charge is 0.347 e. The fourth-order valence-corrected chi connectivity index (χ4v) is 2.03. The van der Waals surface area contributed by atoms with Crippen LogP contribution in [0.3, 0.4) is 0 Å². The Hall–Kier alpha value is -2.29. The zero-order valence-electron chi connectivity index (χ0n) is 12.4. The zero-order valence-corrected chi connectivity index (χ0v) is 12.4. The van der Waals surface area contributed by atoms with Crippen LogP contribution in [0.25, 0.3) is 0 Å². The van der Waals surface area contributed by atoms with E-state index in [1.165, 1.54) is 11.1 Å². The van der Waals surface area contributed by atoms with Crippen molar-refractivity contribution < 1.29 is 14.3 Å². The van der Waals surface area contributed by atoms with E-state index in [1.54, 1.807) is 13.8 Å². The summed E-state index contributed by atoms with van der Waals surface area (Å²) in [6, 6.07) is 18.1. The molecule has 3 heteroatoms. The first-order valence-electron chi connectivity index (χ1n) is 7.15. The van der Waals surface area contributed by atoms with Crippen molar-refractivity contribution in [3.63, 3.8) is 0 Å². The van der Waals surface area contributed by atoms with Crippen LogP contribution in [0.4, 0.5) is 0 Å². The monoisotopic (exact) mass is 284 g/mol. The normalized spacial score (nSPS) is 11.7. The lowest BCUT2D eigenvalue weighted by Gasteiger charge is -2.13. The summed E-state index contributed by atoms with van der Waals surface area (Å²) in [4.78, 5) is 11.5. The summed E-state index contributed by atoms with van der Waals surface area (Å²) >= 11 is 0. The van der Waals surface area contributed by atoms with Gasteiger partial charge in [-0.25, -0.2) is 4.79 Å². The van der Waals surface area contributed by atoms with E-state index in [-0.39, 0.29) is 5.97 Å².